The van der Waals surface area contributed by atoms with Gasteiger partial charge in [0.25, 0.3) is 0 Å². The van der Waals surface area contributed by atoms with Gasteiger partial charge >= 0.3 is 0 Å². The van der Waals surface area contributed by atoms with E-state index in [0.717, 1.165) is 11.6 Å². The van der Waals surface area contributed by atoms with Crippen LogP contribution in [0.25, 0.3) is 10.9 Å². The number of hydrogen-bond donors (Lipinski definition) is 0. The summed E-state index contributed by atoms with van der Waals surface area (Å²) in [5, 5.41) is 2.03. The minimum atomic E-state index is 0.525. The lowest BCUT2D eigenvalue weighted by Crippen LogP contribution is -2.08. The monoisotopic (exact) mass is 249 g/mol. The van der Waals surface area contributed by atoms with Crippen LogP contribution in [0, 0.1) is 5.92 Å². The van der Waals surface area contributed by atoms with Gasteiger partial charge < -0.3 is 4.57 Å². The topological polar surface area (TPSA) is 4.93 Å². The zero-order valence-corrected chi connectivity index (χ0v) is 11.8. The van der Waals surface area contributed by atoms with Crippen molar-refractivity contribution in [2.75, 3.05) is 0 Å². The van der Waals surface area contributed by atoms with E-state index in [1.165, 1.54) is 16.6 Å². The Morgan fingerprint density at radius 3 is 2.47 bits per heavy atom. The summed E-state index contributed by atoms with van der Waals surface area (Å²) in [7, 11) is 0. The van der Waals surface area contributed by atoms with E-state index in [4.69, 9.17) is 11.6 Å². The van der Waals surface area contributed by atoms with E-state index in [1.807, 2.05) is 12.1 Å². The smallest absolute Gasteiger partial charge is 0.0499 e. The largest absolute Gasteiger partial charge is 0.344 e. The van der Waals surface area contributed by atoms with Gasteiger partial charge in [0.1, 0.15) is 0 Å². The molecule has 17 heavy (non-hydrogen) atoms. The van der Waals surface area contributed by atoms with Crippen LogP contribution >= 0.6 is 11.6 Å². The highest BCUT2D eigenvalue weighted by Crippen LogP contribution is 2.30. The van der Waals surface area contributed by atoms with Gasteiger partial charge in [0.2, 0.25) is 0 Å². The molecular weight excluding hydrogens is 230 g/mol. The molecule has 1 nitrogen and oxygen atoms in total. The van der Waals surface area contributed by atoms with Crippen LogP contribution in [0.2, 0.25) is 5.02 Å². The molecule has 0 atom stereocenters. The zero-order valence-electron chi connectivity index (χ0n) is 11.0. The first kappa shape index (κ1) is 12.5. The fraction of sp³-hybridized carbons (Fsp3) is 0.467. The van der Waals surface area contributed by atoms with Gasteiger partial charge in [0.05, 0.1) is 0 Å². The summed E-state index contributed by atoms with van der Waals surface area (Å²) >= 11 is 6.27. The standard InChI is InChI=1S/C15H20ClN/c1-10(2)9-17-14-7-5-6-13(16)12(14)8-15(17)11(3)4/h5-8,10-11H,9H2,1-4H3. The minimum absolute atomic E-state index is 0.525. The maximum atomic E-state index is 6.27. The third kappa shape index (κ3) is 2.35. The van der Waals surface area contributed by atoms with Crippen molar-refractivity contribution in [3.8, 4) is 0 Å². The van der Waals surface area contributed by atoms with Gasteiger partial charge in [-0.15, -0.1) is 0 Å². The number of aromatic nitrogens is 1. The van der Waals surface area contributed by atoms with E-state index in [1.54, 1.807) is 0 Å². The van der Waals surface area contributed by atoms with Crippen LogP contribution in [-0.2, 0) is 6.54 Å². The fourth-order valence-corrected chi connectivity index (χ4v) is 2.54. The molecule has 0 bridgehead atoms. The number of nitrogens with zero attached hydrogens (tertiary/aromatic N) is 1. The van der Waals surface area contributed by atoms with Crippen molar-refractivity contribution in [2.24, 2.45) is 5.92 Å². The first-order valence-electron chi connectivity index (χ1n) is 6.28. The first-order valence-corrected chi connectivity index (χ1v) is 6.66. The zero-order chi connectivity index (χ0) is 12.6. The predicted molar refractivity (Wildman–Crippen MR) is 75.9 cm³/mol. The number of hydrogen-bond acceptors (Lipinski definition) is 0. The normalized spacial score (nSPS) is 11.9. The Bertz CT molecular complexity index is 523. The Hall–Kier alpha value is -0.950. The second kappa shape index (κ2) is 4.73. The van der Waals surface area contributed by atoms with Gasteiger partial charge in [-0.25, -0.2) is 0 Å². The summed E-state index contributed by atoms with van der Waals surface area (Å²) in [5.41, 5.74) is 2.64. The predicted octanol–water partition coefficient (Wildman–Crippen LogP) is 5.07. The van der Waals surface area contributed by atoms with Crippen molar-refractivity contribution in [3.63, 3.8) is 0 Å². The summed E-state index contributed by atoms with van der Waals surface area (Å²) in [5.74, 6) is 1.17. The molecule has 0 aliphatic rings. The molecule has 0 N–H and O–H groups in total. The molecular formula is C15H20ClN. The molecule has 1 aromatic heterocycles. The van der Waals surface area contributed by atoms with Crippen molar-refractivity contribution < 1.29 is 0 Å². The van der Waals surface area contributed by atoms with Crippen LogP contribution in [0.5, 0.6) is 0 Å². The van der Waals surface area contributed by atoms with Crippen LogP contribution in [0.1, 0.15) is 39.3 Å². The van der Waals surface area contributed by atoms with Crippen molar-refractivity contribution in [1.82, 2.24) is 4.57 Å². The Balaban J connectivity index is 2.67. The maximum absolute atomic E-state index is 6.27. The van der Waals surface area contributed by atoms with Crippen molar-refractivity contribution in [3.05, 3.63) is 35.0 Å². The Labute approximate surface area is 108 Å². The summed E-state index contributed by atoms with van der Waals surface area (Å²) in [6.45, 7) is 10.0. The molecule has 2 heteroatoms. The van der Waals surface area contributed by atoms with Crippen LogP contribution in [0.4, 0.5) is 0 Å². The van der Waals surface area contributed by atoms with Gasteiger partial charge in [-0.1, -0.05) is 45.4 Å². The molecule has 0 saturated heterocycles. The maximum Gasteiger partial charge on any atom is 0.0499 e. The van der Waals surface area contributed by atoms with E-state index in [0.29, 0.717) is 11.8 Å². The molecule has 0 saturated carbocycles. The third-order valence-corrected chi connectivity index (χ3v) is 3.39. The van der Waals surface area contributed by atoms with Gasteiger partial charge in [-0.3, -0.25) is 0 Å². The third-order valence-electron chi connectivity index (χ3n) is 3.06. The van der Waals surface area contributed by atoms with E-state index in [2.05, 4.69) is 44.4 Å². The molecule has 0 amide bonds. The van der Waals surface area contributed by atoms with Crippen molar-refractivity contribution >= 4 is 22.5 Å². The number of fused-ring (bicyclic) bond motifs is 1. The molecule has 2 rings (SSSR count). The second-order valence-electron chi connectivity index (χ2n) is 5.40. The Kier molecular flexibility index (Phi) is 3.48. The van der Waals surface area contributed by atoms with Gasteiger partial charge in [-0.2, -0.15) is 0 Å². The lowest BCUT2D eigenvalue weighted by molar-refractivity contribution is 0.514. The number of rotatable bonds is 3. The molecule has 92 valence electrons. The van der Waals surface area contributed by atoms with Crippen LogP contribution in [-0.4, -0.2) is 4.57 Å². The second-order valence-corrected chi connectivity index (χ2v) is 5.81. The lowest BCUT2D eigenvalue weighted by Gasteiger charge is -2.15. The van der Waals surface area contributed by atoms with Crippen molar-refractivity contribution in [1.29, 1.82) is 0 Å². The number of halogens is 1. The lowest BCUT2D eigenvalue weighted by atomic mass is 10.1. The molecule has 0 fully saturated rings. The van der Waals surface area contributed by atoms with Gasteiger partial charge in [0, 0.05) is 28.2 Å². The number of benzene rings is 1. The molecule has 0 aliphatic carbocycles. The average molecular weight is 250 g/mol. The molecule has 2 aromatic rings. The van der Waals surface area contributed by atoms with Crippen LogP contribution in [0.15, 0.2) is 24.3 Å². The quantitative estimate of drug-likeness (QED) is 0.715. The highest BCUT2D eigenvalue weighted by Gasteiger charge is 2.13. The van der Waals surface area contributed by atoms with Crippen LogP contribution in [0.3, 0.4) is 0 Å². The molecule has 0 spiro atoms. The van der Waals surface area contributed by atoms with E-state index in [-0.39, 0.29) is 0 Å². The first-order chi connectivity index (χ1) is 8.00. The van der Waals surface area contributed by atoms with E-state index >= 15 is 0 Å². The highest BCUT2D eigenvalue weighted by atomic mass is 35.5. The molecule has 1 heterocycles. The Morgan fingerprint density at radius 2 is 1.88 bits per heavy atom. The molecule has 1 aromatic carbocycles. The SMILES string of the molecule is CC(C)Cn1c(C(C)C)cc2c(Cl)cccc21. The molecule has 0 unspecified atom stereocenters. The summed E-state index contributed by atoms with van der Waals surface area (Å²) < 4.78 is 2.41. The van der Waals surface area contributed by atoms with Crippen LogP contribution < -0.4 is 0 Å². The van der Waals surface area contributed by atoms with Crippen molar-refractivity contribution in [2.45, 2.75) is 40.2 Å². The van der Waals surface area contributed by atoms with E-state index < -0.39 is 0 Å². The summed E-state index contributed by atoms with van der Waals surface area (Å²) in [6.07, 6.45) is 0. The van der Waals surface area contributed by atoms with Gasteiger partial charge in [-0.05, 0) is 30.0 Å². The van der Waals surface area contributed by atoms with E-state index in [9.17, 15) is 0 Å². The summed E-state index contributed by atoms with van der Waals surface area (Å²) in [6, 6.07) is 8.40. The molecule has 0 radical (unpaired) electrons. The average Bonchev–Trinajstić information content (AvgIpc) is 2.58. The summed E-state index contributed by atoms with van der Waals surface area (Å²) in [4.78, 5) is 0. The fourth-order valence-electron chi connectivity index (χ4n) is 2.32. The minimum Gasteiger partial charge on any atom is -0.344 e. The highest BCUT2D eigenvalue weighted by molar-refractivity contribution is 6.35. The Morgan fingerprint density at radius 1 is 1.18 bits per heavy atom. The molecule has 0 aliphatic heterocycles. The van der Waals surface area contributed by atoms with Gasteiger partial charge in [0.15, 0.2) is 0 Å².